The number of pyridine rings is 1. The Kier molecular flexibility index (Phi) is 2.90. The van der Waals surface area contributed by atoms with Gasteiger partial charge in [-0.2, -0.15) is 0 Å². The van der Waals surface area contributed by atoms with Crippen LogP contribution in [0.2, 0.25) is 5.02 Å². The highest BCUT2D eigenvalue weighted by molar-refractivity contribution is 6.31. The first-order valence-corrected chi connectivity index (χ1v) is 5.89. The Balaban J connectivity index is 1.85. The number of halogens is 1. The van der Waals surface area contributed by atoms with Crippen LogP contribution in [0.3, 0.4) is 0 Å². The first kappa shape index (κ1) is 11.1. The molecule has 0 aliphatic rings. The minimum Gasteiger partial charge on any atom is -0.487 e. The zero-order valence-corrected chi connectivity index (χ0v) is 10.2. The second-order valence-electron chi connectivity index (χ2n) is 3.88. The smallest absolute Gasteiger partial charge is 0.138 e. The van der Waals surface area contributed by atoms with Gasteiger partial charge in [0, 0.05) is 22.2 Å². The lowest BCUT2D eigenvalue weighted by atomic mass is 10.2. The molecular formula is C14H10ClNO2. The van der Waals surface area contributed by atoms with Gasteiger partial charge in [0.25, 0.3) is 0 Å². The Morgan fingerprint density at radius 2 is 2.22 bits per heavy atom. The van der Waals surface area contributed by atoms with Gasteiger partial charge in [0.05, 0.1) is 12.5 Å². The summed E-state index contributed by atoms with van der Waals surface area (Å²) in [6, 6.07) is 9.23. The molecule has 0 unspecified atom stereocenters. The molecule has 0 amide bonds. The van der Waals surface area contributed by atoms with Crippen LogP contribution < -0.4 is 4.74 Å². The van der Waals surface area contributed by atoms with E-state index in [0.29, 0.717) is 11.6 Å². The van der Waals surface area contributed by atoms with Gasteiger partial charge in [0.1, 0.15) is 17.9 Å². The molecule has 18 heavy (non-hydrogen) atoms. The lowest BCUT2D eigenvalue weighted by Gasteiger charge is -2.03. The summed E-state index contributed by atoms with van der Waals surface area (Å²) in [7, 11) is 0. The number of furan rings is 1. The molecule has 0 saturated carbocycles. The number of benzene rings is 1. The summed E-state index contributed by atoms with van der Waals surface area (Å²) in [6.45, 7) is 0.430. The molecule has 0 spiro atoms. The lowest BCUT2D eigenvalue weighted by molar-refractivity contribution is 0.304. The van der Waals surface area contributed by atoms with E-state index in [1.54, 1.807) is 24.7 Å². The molecule has 0 atom stereocenters. The fourth-order valence-electron chi connectivity index (χ4n) is 1.76. The molecule has 3 aromatic rings. The third kappa shape index (κ3) is 2.17. The molecule has 2 aromatic heterocycles. The molecule has 0 aliphatic heterocycles. The van der Waals surface area contributed by atoms with Crippen LogP contribution >= 0.6 is 11.6 Å². The van der Waals surface area contributed by atoms with E-state index in [0.717, 1.165) is 22.3 Å². The van der Waals surface area contributed by atoms with E-state index in [4.69, 9.17) is 20.8 Å². The van der Waals surface area contributed by atoms with Gasteiger partial charge in [-0.25, -0.2) is 0 Å². The van der Waals surface area contributed by atoms with Gasteiger partial charge in [-0.1, -0.05) is 11.6 Å². The summed E-state index contributed by atoms with van der Waals surface area (Å²) in [5, 5.41) is 1.66. The van der Waals surface area contributed by atoms with Crippen molar-refractivity contribution in [1.82, 2.24) is 4.98 Å². The first-order valence-electron chi connectivity index (χ1n) is 5.51. The molecule has 0 bridgehead atoms. The molecule has 0 radical (unpaired) electrons. The number of aromatic nitrogens is 1. The van der Waals surface area contributed by atoms with E-state index in [1.165, 1.54) is 0 Å². The monoisotopic (exact) mass is 259 g/mol. The Labute approximate surface area is 109 Å². The Hall–Kier alpha value is -2.00. The van der Waals surface area contributed by atoms with Gasteiger partial charge in [-0.15, -0.1) is 0 Å². The minimum atomic E-state index is 0.430. The highest BCUT2D eigenvalue weighted by atomic mass is 35.5. The van der Waals surface area contributed by atoms with Gasteiger partial charge in [-0.05, 0) is 30.3 Å². The van der Waals surface area contributed by atoms with Crippen molar-refractivity contribution in [1.29, 1.82) is 0 Å². The van der Waals surface area contributed by atoms with Crippen LogP contribution in [0, 0.1) is 0 Å². The Morgan fingerprint density at radius 1 is 1.28 bits per heavy atom. The Morgan fingerprint density at radius 3 is 3.06 bits per heavy atom. The predicted molar refractivity (Wildman–Crippen MR) is 69.8 cm³/mol. The van der Waals surface area contributed by atoms with Crippen molar-refractivity contribution < 1.29 is 9.15 Å². The van der Waals surface area contributed by atoms with E-state index in [1.807, 2.05) is 24.3 Å². The van der Waals surface area contributed by atoms with E-state index in [9.17, 15) is 0 Å². The summed E-state index contributed by atoms with van der Waals surface area (Å²) in [5.74, 6) is 0.730. The van der Waals surface area contributed by atoms with Gasteiger partial charge in [0.2, 0.25) is 0 Å². The number of fused-ring (bicyclic) bond motifs is 1. The SMILES string of the molecule is Clc1ccc2occ(COc3cccnc3)c2c1. The molecule has 3 rings (SSSR count). The van der Waals surface area contributed by atoms with Gasteiger partial charge in [0.15, 0.2) is 0 Å². The van der Waals surface area contributed by atoms with Crippen LogP contribution in [-0.4, -0.2) is 4.98 Å². The summed E-state index contributed by atoms with van der Waals surface area (Å²) >= 11 is 5.97. The van der Waals surface area contributed by atoms with Crippen molar-refractivity contribution in [2.24, 2.45) is 0 Å². The topological polar surface area (TPSA) is 35.3 Å². The predicted octanol–water partition coefficient (Wildman–Crippen LogP) is 4.06. The fraction of sp³-hybridized carbons (Fsp3) is 0.0714. The van der Waals surface area contributed by atoms with Crippen molar-refractivity contribution >= 4 is 22.6 Å². The molecule has 0 N–H and O–H groups in total. The molecule has 90 valence electrons. The second kappa shape index (κ2) is 4.70. The molecular weight excluding hydrogens is 250 g/mol. The maximum atomic E-state index is 5.97. The van der Waals surface area contributed by atoms with Gasteiger partial charge < -0.3 is 9.15 Å². The second-order valence-corrected chi connectivity index (χ2v) is 4.32. The number of rotatable bonds is 3. The average molecular weight is 260 g/mol. The van der Waals surface area contributed by atoms with E-state index in [2.05, 4.69) is 4.98 Å². The molecule has 0 saturated heterocycles. The average Bonchev–Trinajstić information content (AvgIpc) is 2.80. The minimum absolute atomic E-state index is 0.430. The largest absolute Gasteiger partial charge is 0.487 e. The number of nitrogens with zero attached hydrogens (tertiary/aromatic N) is 1. The molecule has 0 fully saturated rings. The van der Waals surface area contributed by atoms with E-state index >= 15 is 0 Å². The first-order chi connectivity index (χ1) is 8.83. The maximum absolute atomic E-state index is 5.97. The summed E-state index contributed by atoms with van der Waals surface area (Å²) in [5.41, 5.74) is 1.78. The van der Waals surface area contributed by atoms with Gasteiger partial charge in [-0.3, -0.25) is 4.98 Å². The van der Waals surface area contributed by atoms with Crippen LogP contribution in [0.1, 0.15) is 5.56 Å². The van der Waals surface area contributed by atoms with Crippen molar-refractivity contribution in [2.45, 2.75) is 6.61 Å². The van der Waals surface area contributed by atoms with Crippen LogP contribution in [0.25, 0.3) is 11.0 Å². The third-order valence-electron chi connectivity index (χ3n) is 2.64. The summed E-state index contributed by atoms with van der Waals surface area (Å²) < 4.78 is 11.1. The van der Waals surface area contributed by atoms with Crippen molar-refractivity contribution in [3.05, 3.63) is 59.6 Å². The Bertz CT molecular complexity index is 664. The lowest BCUT2D eigenvalue weighted by Crippen LogP contribution is -1.94. The van der Waals surface area contributed by atoms with Crippen molar-refractivity contribution in [2.75, 3.05) is 0 Å². The normalized spacial score (nSPS) is 10.7. The number of ether oxygens (including phenoxy) is 1. The van der Waals surface area contributed by atoms with Crippen LogP contribution in [-0.2, 0) is 6.61 Å². The molecule has 1 aromatic carbocycles. The van der Waals surface area contributed by atoms with E-state index < -0.39 is 0 Å². The fourth-order valence-corrected chi connectivity index (χ4v) is 1.93. The summed E-state index contributed by atoms with van der Waals surface area (Å²) in [4.78, 5) is 3.99. The zero-order valence-electron chi connectivity index (χ0n) is 9.47. The summed E-state index contributed by atoms with van der Waals surface area (Å²) in [6.07, 6.45) is 5.08. The van der Waals surface area contributed by atoms with E-state index in [-0.39, 0.29) is 0 Å². The highest BCUT2D eigenvalue weighted by Crippen LogP contribution is 2.25. The molecule has 3 nitrogen and oxygen atoms in total. The van der Waals surface area contributed by atoms with Crippen LogP contribution in [0.4, 0.5) is 0 Å². The zero-order chi connectivity index (χ0) is 12.4. The third-order valence-corrected chi connectivity index (χ3v) is 2.88. The van der Waals surface area contributed by atoms with Crippen molar-refractivity contribution in [3.8, 4) is 5.75 Å². The quantitative estimate of drug-likeness (QED) is 0.711. The number of hydrogen-bond acceptors (Lipinski definition) is 3. The molecule has 2 heterocycles. The number of hydrogen-bond donors (Lipinski definition) is 0. The molecule has 0 aliphatic carbocycles. The van der Waals surface area contributed by atoms with Crippen LogP contribution in [0.5, 0.6) is 5.75 Å². The van der Waals surface area contributed by atoms with Gasteiger partial charge >= 0.3 is 0 Å². The molecule has 4 heteroatoms. The van der Waals surface area contributed by atoms with Crippen molar-refractivity contribution in [3.63, 3.8) is 0 Å². The highest BCUT2D eigenvalue weighted by Gasteiger charge is 2.07. The maximum Gasteiger partial charge on any atom is 0.138 e. The standard InChI is InChI=1S/C14H10ClNO2/c15-11-3-4-14-13(6-11)10(9-18-14)8-17-12-2-1-5-16-7-12/h1-7,9H,8H2. The van der Waals surface area contributed by atoms with Crippen LogP contribution in [0.15, 0.2) is 53.4 Å².